The number of rotatable bonds is 1. The Kier molecular flexibility index (Phi) is 2.42. The Bertz CT molecular complexity index is 963. The lowest BCUT2D eigenvalue weighted by Crippen LogP contribution is -2.20. The third-order valence-corrected chi connectivity index (χ3v) is 3.97. The number of hydrogen-bond donors (Lipinski definition) is 2. The molecule has 1 aliphatic carbocycles. The summed E-state index contributed by atoms with van der Waals surface area (Å²) in [7, 11) is 0. The fourth-order valence-corrected chi connectivity index (χ4v) is 2.94. The van der Waals surface area contributed by atoms with E-state index in [1.165, 1.54) is 28.9 Å². The highest BCUT2D eigenvalue weighted by atomic mass is 19.1. The third-order valence-electron chi connectivity index (χ3n) is 3.97. The first-order valence-electron chi connectivity index (χ1n) is 6.80. The van der Waals surface area contributed by atoms with Gasteiger partial charge in [0.05, 0.1) is 5.69 Å². The van der Waals surface area contributed by atoms with Gasteiger partial charge in [0.15, 0.2) is 5.43 Å². The molecule has 2 heterocycles. The van der Waals surface area contributed by atoms with E-state index in [1.807, 2.05) is 0 Å². The van der Waals surface area contributed by atoms with Crippen molar-refractivity contribution in [3.63, 3.8) is 0 Å². The van der Waals surface area contributed by atoms with E-state index in [-0.39, 0.29) is 16.6 Å². The molecule has 3 aromatic rings. The van der Waals surface area contributed by atoms with E-state index in [4.69, 9.17) is 0 Å². The maximum atomic E-state index is 13.0. The quantitative estimate of drug-likeness (QED) is 0.713. The van der Waals surface area contributed by atoms with Crippen LogP contribution in [0.15, 0.2) is 33.9 Å². The Morgan fingerprint density at radius 3 is 2.62 bits per heavy atom. The molecule has 2 aromatic heterocycles. The molecule has 1 aromatic carbocycles. The number of aromatic amines is 2. The Balaban J connectivity index is 2.03. The van der Waals surface area contributed by atoms with E-state index in [0.29, 0.717) is 23.3 Å². The van der Waals surface area contributed by atoms with Crippen molar-refractivity contribution in [1.29, 1.82) is 0 Å². The van der Waals surface area contributed by atoms with Crippen molar-refractivity contribution in [3.8, 4) is 5.69 Å². The van der Waals surface area contributed by atoms with Gasteiger partial charge in [0.25, 0.3) is 5.56 Å². The lowest BCUT2D eigenvalue weighted by atomic mass is 10.2. The average molecular weight is 285 g/mol. The van der Waals surface area contributed by atoms with E-state index < -0.39 is 5.56 Å². The molecule has 106 valence electrons. The monoisotopic (exact) mass is 285 g/mol. The Morgan fingerprint density at radius 2 is 1.86 bits per heavy atom. The van der Waals surface area contributed by atoms with Crippen LogP contribution in [0.4, 0.5) is 4.39 Å². The molecule has 0 saturated heterocycles. The van der Waals surface area contributed by atoms with Crippen molar-refractivity contribution in [3.05, 3.63) is 61.9 Å². The second-order valence-corrected chi connectivity index (χ2v) is 5.24. The summed E-state index contributed by atoms with van der Waals surface area (Å²) in [5, 5.41) is 3.04. The number of halogens is 1. The number of benzene rings is 1. The number of aromatic nitrogens is 3. The highest BCUT2D eigenvalue weighted by Crippen LogP contribution is 2.18. The first-order valence-corrected chi connectivity index (χ1v) is 6.80. The van der Waals surface area contributed by atoms with Gasteiger partial charge in [-0.1, -0.05) is 0 Å². The average Bonchev–Trinajstić information content (AvgIpc) is 3.06. The van der Waals surface area contributed by atoms with Crippen LogP contribution in [0, 0.1) is 5.82 Å². The van der Waals surface area contributed by atoms with Crippen LogP contribution < -0.4 is 11.0 Å². The van der Waals surface area contributed by atoms with Crippen LogP contribution in [-0.2, 0) is 12.8 Å². The molecule has 21 heavy (non-hydrogen) atoms. The zero-order chi connectivity index (χ0) is 14.6. The van der Waals surface area contributed by atoms with E-state index in [2.05, 4.69) is 10.1 Å². The van der Waals surface area contributed by atoms with E-state index >= 15 is 0 Å². The topological polar surface area (TPSA) is 70.7 Å². The molecule has 0 atom stereocenters. The zero-order valence-electron chi connectivity index (χ0n) is 11.1. The molecule has 0 radical (unpaired) electrons. The zero-order valence-corrected chi connectivity index (χ0v) is 11.1. The second kappa shape index (κ2) is 4.18. The largest absolute Gasteiger partial charge is 0.343 e. The summed E-state index contributed by atoms with van der Waals surface area (Å²) >= 11 is 0. The first kappa shape index (κ1) is 12.1. The molecule has 0 unspecified atom stereocenters. The van der Waals surface area contributed by atoms with Gasteiger partial charge in [-0.25, -0.2) is 9.07 Å². The lowest BCUT2D eigenvalue weighted by Gasteiger charge is -2.00. The summed E-state index contributed by atoms with van der Waals surface area (Å²) in [6.07, 6.45) is 2.46. The fraction of sp³-hybridized carbons (Fsp3) is 0.200. The third kappa shape index (κ3) is 1.68. The van der Waals surface area contributed by atoms with Crippen LogP contribution in [0.2, 0.25) is 0 Å². The lowest BCUT2D eigenvalue weighted by molar-refractivity contribution is 0.627. The Morgan fingerprint density at radius 1 is 1.10 bits per heavy atom. The minimum Gasteiger partial charge on any atom is -0.343 e. The summed E-state index contributed by atoms with van der Waals surface area (Å²) in [5.74, 6) is -0.377. The van der Waals surface area contributed by atoms with E-state index in [9.17, 15) is 14.0 Å². The molecule has 1 aliphatic rings. The standard InChI is InChI=1S/C15H12FN3O2/c16-8-4-6-9(7-5-8)19-15(21)12-13(20)10-2-1-3-11(10)17-14(12)18-19/h4-7H,1-3H2,(H2,17,18,20). The Labute approximate surface area is 118 Å². The van der Waals surface area contributed by atoms with Crippen LogP contribution in [0.3, 0.4) is 0 Å². The number of nitrogens with one attached hydrogen (secondary N) is 2. The number of aryl methyl sites for hydroxylation is 1. The summed E-state index contributed by atoms with van der Waals surface area (Å²) in [6.45, 7) is 0. The van der Waals surface area contributed by atoms with Gasteiger partial charge in [0.1, 0.15) is 16.9 Å². The minimum atomic E-state index is -0.410. The number of nitrogens with zero attached hydrogens (tertiary/aromatic N) is 1. The summed E-state index contributed by atoms with van der Waals surface area (Å²) in [5.41, 5.74) is 1.93. The van der Waals surface area contributed by atoms with Gasteiger partial charge < -0.3 is 4.98 Å². The summed E-state index contributed by atoms with van der Waals surface area (Å²) in [6, 6.07) is 5.53. The van der Waals surface area contributed by atoms with Crippen LogP contribution >= 0.6 is 0 Å². The van der Waals surface area contributed by atoms with Gasteiger partial charge in [-0.3, -0.25) is 14.7 Å². The molecule has 0 saturated carbocycles. The highest BCUT2D eigenvalue weighted by Gasteiger charge is 2.21. The molecule has 0 aliphatic heterocycles. The van der Waals surface area contributed by atoms with Gasteiger partial charge >= 0.3 is 0 Å². The summed E-state index contributed by atoms with van der Waals surface area (Å²) < 4.78 is 14.2. The van der Waals surface area contributed by atoms with E-state index in [0.717, 1.165) is 18.5 Å². The second-order valence-electron chi connectivity index (χ2n) is 5.24. The van der Waals surface area contributed by atoms with Gasteiger partial charge in [0, 0.05) is 11.3 Å². The van der Waals surface area contributed by atoms with Crippen LogP contribution in [0.25, 0.3) is 16.7 Å². The molecule has 0 spiro atoms. The number of fused-ring (bicyclic) bond motifs is 2. The van der Waals surface area contributed by atoms with E-state index in [1.54, 1.807) is 0 Å². The molecular weight excluding hydrogens is 273 g/mol. The van der Waals surface area contributed by atoms with Crippen LogP contribution in [-0.4, -0.2) is 14.8 Å². The van der Waals surface area contributed by atoms with Gasteiger partial charge in [-0.15, -0.1) is 0 Å². The van der Waals surface area contributed by atoms with Crippen molar-refractivity contribution in [2.75, 3.05) is 0 Å². The van der Waals surface area contributed by atoms with Crippen molar-refractivity contribution >= 4 is 11.0 Å². The van der Waals surface area contributed by atoms with Crippen molar-refractivity contribution in [1.82, 2.24) is 14.8 Å². The maximum absolute atomic E-state index is 13.0. The molecule has 0 amide bonds. The summed E-state index contributed by atoms with van der Waals surface area (Å²) in [4.78, 5) is 28.0. The van der Waals surface area contributed by atoms with Crippen LogP contribution in [0.5, 0.6) is 0 Å². The Hall–Kier alpha value is -2.63. The smallest absolute Gasteiger partial charge is 0.284 e. The van der Waals surface area contributed by atoms with Crippen molar-refractivity contribution < 1.29 is 4.39 Å². The van der Waals surface area contributed by atoms with Crippen molar-refractivity contribution in [2.24, 2.45) is 0 Å². The predicted octanol–water partition coefficient (Wildman–Crippen LogP) is 1.63. The highest BCUT2D eigenvalue weighted by molar-refractivity contribution is 5.75. The van der Waals surface area contributed by atoms with Crippen LogP contribution in [0.1, 0.15) is 17.7 Å². The fourth-order valence-electron chi connectivity index (χ4n) is 2.94. The molecule has 0 bridgehead atoms. The number of pyridine rings is 1. The normalized spacial score (nSPS) is 13.8. The van der Waals surface area contributed by atoms with Crippen molar-refractivity contribution in [2.45, 2.75) is 19.3 Å². The molecule has 4 rings (SSSR count). The maximum Gasteiger partial charge on any atom is 0.284 e. The SMILES string of the molecule is O=c1c2c([nH]c3[nH]n(-c4ccc(F)cc4)c(=O)c13)CCC2. The van der Waals surface area contributed by atoms with Gasteiger partial charge in [0.2, 0.25) is 0 Å². The predicted molar refractivity (Wildman–Crippen MR) is 76.5 cm³/mol. The molecule has 6 heteroatoms. The van der Waals surface area contributed by atoms with Gasteiger partial charge in [-0.2, -0.15) is 0 Å². The molecule has 2 N–H and O–H groups in total. The minimum absolute atomic E-state index is 0.139. The molecule has 0 fully saturated rings. The molecular formula is C15H12FN3O2. The van der Waals surface area contributed by atoms with Gasteiger partial charge in [-0.05, 0) is 43.5 Å². The number of hydrogen-bond acceptors (Lipinski definition) is 2. The first-order chi connectivity index (χ1) is 10.1. The number of H-pyrrole nitrogens is 2. The molecule has 5 nitrogen and oxygen atoms in total.